The van der Waals surface area contributed by atoms with E-state index in [0.29, 0.717) is 26.9 Å². The van der Waals surface area contributed by atoms with Crippen LogP contribution >= 0.6 is 23.4 Å². The molecule has 0 aromatic heterocycles. The summed E-state index contributed by atoms with van der Waals surface area (Å²) in [6.45, 7) is 0. The number of carbonyl (C=O) groups excluding carboxylic acids is 2. The van der Waals surface area contributed by atoms with Gasteiger partial charge in [-0.3, -0.25) is 9.59 Å². The van der Waals surface area contributed by atoms with Crippen LogP contribution in [0.4, 0.5) is 0 Å². The van der Waals surface area contributed by atoms with Crippen molar-refractivity contribution in [3.8, 4) is 6.07 Å². The van der Waals surface area contributed by atoms with E-state index < -0.39 is 23.7 Å². The summed E-state index contributed by atoms with van der Waals surface area (Å²) in [5, 5.41) is 13.6. The summed E-state index contributed by atoms with van der Waals surface area (Å²) in [7, 11) is 1.23. The highest BCUT2D eigenvalue weighted by atomic mass is 35.5. The van der Waals surface area contributed by atoms with Crippen LogP contribution < -0.4 is 5.32 Å². The Bertz CT molecular complexity index is 952. The van der Waals surface area contributed by atoms with Crippen molar-refractivity contribution in [2.24, 2.45) is 5.92 Å². The largest absolute Gasteiger partial charge is 0.468 e. The third-order valence-electron chi connectivity index (χ3n) is 4.44. The van der Waals surface area contributed by atoms with E-state index in [4.69, 9.17) is 16.3 Å². The predicted molar refractivity (Wildman–Crippen MR) is 108 cm³/mol. The zero-order chi connectivity index (χ0) is 20.1. The molecule has 1 amide bonds. The minimum Gasteiger partial charge on any atom is -0.468 e. The minimum absolute atomic E-state index is 0.332. The number of nitrogens with one attached hydrogen (secondary N) is 1. The lowest BCUT2D eigenvalue weighted by Gasteiger charge is -2.31. The van der Waals surface area contributed by atoms with E-state index in [2.05, 4.69) is 11.4 Å². The highest BCUT2D eigenvalue weighted by Crippen LogP contribution is 2.41. The molecule has 0 aliphatic carbocycles. The van der Waals surface area contributed by atoms with Crippen LogP contribution in [0.5, 0.6) is 0 Å². The van der Waals surface area contributed by atoms with Crippen molar-refractivity contribution < 1.29 is 14.3 Å². The van der Waals surface area contributed by atoms with Gasteiger partial charge in [0.25, 0.3) is 0 Å². The monoisotopic (exact) mass is 412 g/mol. The van der Waals surface area contributed by atoms with Crippen molar-refractivity contribution in [2.45, 2.75) is 11.7 Å². The lowest BCUT2D eigenvalue weighted by atomic mass is 9.78. The second kappa shape index (κ2) is 8.96. The van der Waals surface area contributed by atoms with Crippen LogP contribution in [0.15, 0.2) is 65.2 Å². The highest BCUT2D eigenvalue weighted by molar-refractivity contribution is 8.02. The van der Waals surface area contributed by atoms with Crippen molar-refractivity contribution in [3.05, 3.63) is 81.3 Å². The molecule has 3 rings (SSSR count). The van der Waals surface area contributed by atoms with Gasteiger partial charge in [0.2, 0.25) is 5.91 Å². The first kappa shape index (κ1) is 20.0. The first-order chi connectivity index (χ1) is 13.5. The smallest absolute Gasteiger partial charge is 0.319 e. The number of carbonyl (C=O) groups is 2. The molecule has 0 saturated heterocycles. The number of halogens is 1. The normalized spacial score (nSPS) is 19.0. The molecule has 2 atom stereocenters. The molecule has 7 heteroatoms. The number of rotatable bonds is 5. The van der Waals surface area contributed by atoms with Gasteiger partial charge < -0.3 is 10.1 Å². The van der Waals surface area contributed by atoms with Gasteiger partial charge in [-0.2, -0.15) is 5.26 Å². The van der Waals surface area contributed by atoms with Crippen LogP contribution in [0.3, 0.4) is 0 Å². The lowest BCUT2D eigenvalue weighted by molar-refractivity contribution is -0.150. The topological polar surface area (TPSA) is 79.2 Å². The summed E-state index contributed by atoms with van der Waals surface area (Å²) in [5.74, 6) is -2.46. The van der Waals surface area contributed by atoms with Gasteiger partial charge in [-0.05, 0) is 23.3 Å². The van der Waals surface area contributed by atoms with Crippen LogP contribution in [-0.4, -0.2) is 19.0 Å². The maximum absolute atomic E-state index is 12.7. The van der Waals surface area contributed by atoms with Crippen molar-refractivity contribution >= 4 is 35.2 Å². The SMILES string of the molecule is COC(=O)C1C(=O)NC(SCc2ccccc2)=C(C#N)C1c1ccc(Cl)cc1. The number of allylic oxidation sites excluding steroid dienone is 1. The Hall–Kier alpha value is -2.75. The fourth-order valence-corrected chi connectivity index (χ4v) is 4.21. The van der Waals surface area contributed by atoms with Gasteiger partial charge in [0, 0.05) is 16.7 Å². The number of hydrogen-bond acceptors (Lipinski definition) is 5. The fraction of sp³-hybridized carbons (Fsp3) is 0.190. The Balaban J connectivity index is 2.02. The molecule has 0 spiro atoms. The first-order valence-electron chi connectivity index (χ1n) is 8.50. The molecule has 142 valence electrons. The third-order valence-corrected chi connectivity index (χ3v) is 5.78. The number of methoxy groups -OCH3 is 1. The van der Waals surface area contributed by atoms with Gasteiger partial charge in [-0.25, -0.2) is 0 Å². The Kier molecular flexibility index (Phi) is 6.40. The van der Waals surface area contributed by atoms with Crippen LogP contribution in [0, 0.1) is 17.2 Å². The molecule has 2 aromatic carbocycles. The molecule has 2 unspecified atom stereocenters. The molecule has 5 nitrogen and oxygen atoms in total. The van der Waals surface area contributed by atoms with Gasteiger partial charge in [0.1, 0.15) is 5.92 Å². The maximum Gasteiger partial charge on any atom is 0.319 e. The summed E-state index contributed by atoms with van der Waals surface area (Å²) < 4.78 is 4.83. The molecular formula is C21H17ClN2O3S. The van der Waals surface area contributed by atoms with Crippen molar-refractivity contribution in [1.82, 2.24) is 5.32 Å². The van der Waals surface area contributed by atoms with Gasteiger partial charge in [-0.15, -0.1) is 11.8 Å². The summed E-state index contributed by atoms with van der Waals surface area (Å²) in [5.41, 5.74) is 2.05. The molecule has 0 bridgehead atoms. The number of hydrogen-bond donors (Lipinski definition) is 1. The minimum atomic E-state index is -1.14. The second-order valence-corrected chi connectivity index (χ2v) is 7.57. The van der Waals surface area contributed by atoms with Crippen LogP contribution in [0.25, 0.3) is 0 Å². The summed E-state index contributed by atoms with van der Waals surface area (Å²) >= 11 is 7.33. The van der Waals surface area contributed by atoms with Crippen molar-refractivity contribution in [1.29, 1.82) is 5.26 Å². The van der Waals surface area contributed by atoms with Gasteiger partial charge in [-0.1, -0.05) is 54.1 Å². The molecule has 0 radical (unpaired) electrons. The van der Waals surface area contributed by atoms with Gasteiger partial charge in [0.05, 0.1) is 23.8 Å². The van der Waals surface area contributed by atoms with E-state index in [0.717, 1.165) is 5.56 Å². The summed E-state index contributed by atoms with van der Waals surface area (Å²) in [6, 6.07) is 18.7. The number of amides is 1. The number of ether oxygens (including phenoxy) is 1. The number of nitrogens with zero attached hydrogens (tertiary/aromatic N) is 1. The third kappa shape index (κ3) is 4.22. The number of esters is 1. The van der Waals surface area contributed by atoms with E-state index in [-0.39, 0.29) is 0 Å². The second-order valence-electron chi connectivity index (χ2n) is 6.15. The van der Waals surface area contributed by atoms with E-state index in [1.54, 1.807) is 24.3 Å². The van der Waals surface area contributed by atoms with Crippen LogP contribution in [-0.2, 0) is 20.1 Å². The summed E-state index contributed by atoms with van der Waals surface area (Å²) in [6.07, 6.45) is 0. The molecular weight excluding hydrogens is 396 g/mol. The molecule has 0 fully saturated rings. The average molecular weight is 413 g/mol. The predicted octanol–water partition coefficient (Wildman–Crippen LogP) is 4.01. The molecule has 1 aliphatic heterocycles. The fourth-order valence-electron chi connectivity index (χ4n) is 3.08. The first-order valence-corrected chi connectivity index (χ1v) is 9.86. The Labute approximate surface area is 172 Å². The van der Waals surface area contributed by atoms with E-state index in [1.165, 1.54) is 18.9 Å². The van der Waals surface area contributed by atoms with Gasteiger partial charge in [0.15, 0.2) is 0 Å². The number of nitriles is 1. The standard InChI is InChI=1S/C21H17ClN2O3S/c1-27-21(26)18-17(14-7-9-15(22)10-8-14)16(11-23)20(24-19(18)25)28-12-13-5-3-2-4-6-13/h2-10,17-18H,12H2,1H3,(H,24,25). The van der Waals surface area contributed by atoms with E-state index >= 15 is 0 Å². The van der Waals surface area contributed by atoms with Crippen molar-refractivity contribution in [2.75, 3.05) is 7.11 Å². The zero-order valence-electron chi connectivity index (χ0n) is 15.0. The molecule has 0 saturated carbocycles. The number of benzene rings is 2. The molecule has 2 aromatic rings. The number of thioether (sulfide) groups is 1. The average Bonchev–Trinajstić information content (AvgIpc) is 2.72. The Morgan fingerprint density at radius 2 is 1.89 bits per heavy atom. The Morgan fingerprint density at radius 1 is 1.21 bits per heavy atom. The van der Waals surface area contributed by atoms with Gasteiger partial charge >= 0.3 is 5.97 Å². The molecule has 1 N–H and O–H groups in total. The van der Waals surface area contributed by atoms with Crippen molar-refractivity contribution in [3.63, 3.8) is 0 Å². The molecule has 1 heterocycles. The Morgan fingerprint density at radius 3 is 2.50 bits per heavy atom. The highest BCUT2D eigenvalue weighted by Gasteiger charge is 2.44. The van der Waals surface area contributed by atoms with Crippen LogP contribution in [0.1, 0.15) is 17.0 Å². The molecule has 28 heavy (non-hydrogen) atoms. The zero-order valence-corrected chi connectivity index (χ0v) is 16.6. The maximum atomic E-state index is 12.7. The van der Waals surface area contributed by atoms with Crippen LogP contribution in [0.2, 0.25) is 5.02 Å². The van der Waals surface area contributed by atoms with E-state index in [9.17, 15) is 14.9 Å². The quantitative estimate of drug-likeness (QED) is 0.592. The molecule has 1 aliphatic rings. The van der Waals surface area contributed by atoms with E-state index in [1.807, 2.05) is 30.3 Å². The lowest BCUT2D eigenvalue weighted by Crippen LogP contribution is -2.44. The summed E-state index contributed by atoms with van der Waals surface area (Å²) in [4.78, 5) is 25.1.